The van der Waals surface area contributed by atoms with Crippen molar-refractivity contribution in [1.29, 1.82) is 0 Å². The number of aromatic nitrogens is 2. The summed E-state index contributed by atoms with van der Waals surface area (Å²) in [4.78, 5) is 11.2. The number of hydrogen-bond donors (Lipinski definition) is 0. The highest BCUT2D eigenvalue weighted by Crippen LogP contribution is 2.28. The third kappa shape index (κ3) is 3.49. The summed E-state index contributed by atoms with van der Waals surface area (Å²) in [6.45, 7) is 0.666. The maximum Gasteiger partial charge on any atom is 0.162 e. The zero-order chi connectivity index (χ0) is 18.8. The third-order valence-electron chi connectivity index (χ3n) is 4.39. The predicted molar refractivity (Wildman–Crippen MR) is 103 cm³/mol. The molecule has 0 bridgehead atoms. The first-order valence-electron chi connectivity index (χ1n) is 8.59. The minimum absolute atomic E-state index is 0.363. The summed E-state index contributed by atoms with van der Waals surface area (Å²) in [6, 6.07) is 21.5. The fourth-order valence-corrected chi connectivity index (χ4v) is 3.05. The number of anilines is 1. The molecule has 0 saturated carbocycles. The maximum absolute atomic E-state index is 13.7. The molecule has 0 saturated heterocycles. The minimum Gasteiger partial charge on any atom is -0.355 e. The second-order valence-corrected chi connectivity index (χ2v) is 6.36. The van der Waals surface area contributed by atoms with Gasteiger partial charge in [0.25, 0.3) is 0 Å². The summed E-state index contributed by atoms with van der Waals surface area (Å²) in [5.74, 6) is -0.698. The van der Waals surface area contributed by atoms with E-state index in [1.54, 1.807) is 0 Å². The quantitative estimate of drug-likeness (QED) is 0.500. The van der Waals surface area contributed by atoms with Gasteiger partial charge >= 0.3 is 0 Å². The lowest BCUT2D eigenvalue weighted by Crippen LogP contribution is -2.18. The van der Waals surface area contributed by atoms with Gasteiger partial charge in [0.05, 0.1) is 5.52 Å². The van der Waals surface area contributed by atoms with Crippen molar-refractivity contribution in [3.05, 3.63) is 90.0 Å². The molecule has 3 nitrogen and oxygen atoms in total. The van der Waals surface area contributed by atoms with Crippen LogP contribution in [0.1, 0.15) is 5.56 Å². The summed E-state index contributed by atoms with van der Waals surface area (Å²) in [6.07, 6.45) is 0. The fraction of sp³-hybridized carbons (Fsp3) is 0.0909. The molecule has 1 heterocycles. The van der Waals surface area contributed by atoms with Crippen LogP contribution in [0.4, 0.5) is 14.6 Å². The van der Waals surface area contributed by atoms with E-state index in [9.17, 15) is 8.78 Å². The van der Waals surface area contributed by atoms with Crippen molar-refractivity contribution in [3.8, 4) is 11.4 Å². The molecule has 0 fully saturated rings. The van der Waals surface area contributed by atoms with E-state index in [1.165, 1.54) is 6.07 Å². The zero-order valence-electron chi connectivity index (χ0n) is 14.7. The SMILES string of the molecule is CN(Cc1ccccc1)c1nc(-c2ccc(F)c(F)c2)nc2ccccc12. The molecule has 27 heavy (non-hydrogen) atoms. The largest absolute Gasteiger partial charge is 0.355 e. The first-order valence-corrected chi connectivity index (χ1v) is 8.59. The molecule has 0 radical (unpaired) electrons. The lowest BCUT2D eigenvalue weighted by molar-refractivity contribution is 0.509. The second-order valence-electron chi connectivity index (χ2n) is 6.36. The summed E-state index contributed by atoms with van der Waals surface area (Å²) in [5, 5.41) is 0.905. The highest BCUT2D eigenvalue weighted by atomic mass is 19.2. The Morgan fingerprint density at radius 2 is 1.56 bits per heavy atom. The van der Waals surface area contributed by atoms with Crippen LogP contribution in [0.15, 0.2) is 72.8 Å². The molecule has 5 heteroatoms. The van der Waals surface area contributed by atoms with Gasteiger partial charge in [-0.3, -0.25) is 0 Å². The van der Waals surface area contributed by atoms with Gasteiger partial charge in [0.2, 0.25) is 0 Å². The van der Waals surface area contributed by atoms with Gasteiger partial charge in [-0.1, -0.05) is 42.5 Å². The van der Waals surface area contributed by atoms with Crippen LogP contribution < -0.4 is 4.90 Å². The summed E-state index contributed by atoms with van der Waals surface area (Å²) < 4.78 is 27.0. The Balaban J connectivity index is 1.82. The van der Waals surface area contributed by atoms with Crippen LogP contribution >= 0.6 is 0 Å². The lowest BCUT2D eigenvalue weighted by atomic mass is 10.1. The van der Waals surface area contributed by atoms with Gasteiger partial charge in [-0.2, -0.15) is 0 Å². The number of fused-ring (bicyclic) bond motifs is 1. The number of benzene rings is 3. The second kappa shape index (κ2) is 7.11. The van der Waals surface area contributed by atoms with E-state index in [4.69, 9.17) is 0 Å². The minimum atomic E-state index is -0.913. The molecule has 4 rings (SSSR count). The average Bonchev–Trinajstić information content (AvgIpc) is 2.70. The van der Waals surface area contributed by atoms with Crippen LogP contribution in [-0.2, 0) is 6.54 Å². The van der Waals surface area contributed by atoms with Crippen molar-refractivity contribution < 1.29 is 8.78 Å². The van der Waals surface area contributed by atoms with Gasteiger partial charge in [-0.05, 0) is 35.9 Å². The van der Waals surface area contributed by atoms with Gasteiger partial charge in [0.1, 0.15) is 5.82 Å². The molecular weight excluding hydrogens is 344 g/mol. The fourth-order valence-electron chi connectivity index (χ4n) is 3.05. The van der Waals surface area contributed by atoms with E-state index in [0.29, 0.717) is 17.9 Å². The number of halogens is 2. The van der Waals surface area contributed by atoms with Crippen molar-refractivity contribution in [2.45, 2.75) is 6.54 Å². The van der Waals surface area contributed by atoms with Crippen molar-refractivity contribution in [1.82, 2.24) is 9.97 Å². The first kappa shape index (κ1) is 17.1. The van der Waals surface area contributed by atoms with Crippen LogP contribution in [0.5, 0.6) is 0 Å². The van der Waals surface area contributed by atoms with E-state index >= 15 is 0 Å². The molecule has 134 valence electrons. The van der Waals surface area contributed by atoms with Crippen LogP contribution in [0.3, 0.4) is 0 Å². The molecular formula is C22H17F2N3. The van der Waals surface area contributed by atoms with E-state index in [0.717, 1.165) is 34.4 Å². The maximum atomic E-state index is 13.7. The Morgan fingerprint density at radius 1 is 0.815 bits per heavy atom. The molecule has 4 aromatic rings. The molecule has 0 atom stereocenters. The van der Waals surface area contributed by atoms with Crippen molar-refractivity contribution in [2.75, 3.05) is 11.9 Å². The Bertz CT molecular complexity index is 1100. The summed E-state index contributed by atoms with van der Waals surface area (Å²) >= 11 is 0. The summed E-state index contributed by atoms with van der Waals surface area (Å²) in [7, 11) is 1.96. The predicted octanol–water partition coefficient (Wildman–Crippen LogP) is 5.21. The highest BCUT2D eigenvalue weighted by Gasteiger charge is 2.14. The van der Waals surface area contributed by atoms with Gasteiger partial charge in [0, 0.05) is 24.5 Å². The lowest BCUT2D eigenvalue weighted by Gasteiger charge is -2.21. The van der Waals surface area contributed by atoms with Gasteiger partial charge in [0.15, 0.2) is 17.5 Å². The van der Waals surface area contributed by atoms with Gasteiger partial charge in [-0.25, -0.2) is 18.7 Å². The third-order valence-corrected chi connectivity index (χ3v) is 4.39. The van der Waals surface area contributed by atoms with Crippen LogP contribution in [-0.4, -0.2) is 17.0 Å². The zero-order valence-corrected chi connectivity index (χ0v) is 14.7. The molecule has 0 amide bonds. The normalized spacial score (nSPS) is 10.9. The molecule has 0 aliphatic heterocycles. The van der Waals surface area contributed by atoms with Crippen LogP contribution in [0.2, 0.25) is 0 Å². The molecule has 0 spiro atoms. The molecule has 0 aliphatic rings. The van der Waals surface area contributed by atoms with Gasteiger partial charge < -0.3 is 4.90 Å². The van der Waals surface area contributed by atoms with E-state index in [-0.39, 0.29) is 0 Å². The number of rotatable bonds is 4. The number of hydrogen-bond acceptors (Lipinski definition) is 3. The Kier molecular flexibility index (Phi) is 4.50. The number of nitrogens with zero attached hydrogens (tertiary/aromatic N) is 3. The molecule has 0 N–H and O–H groups in total. The highest BCUT2D eigenvalue weighted by molar-refractivity contribution is 5.91. The molecule has 3 aromatic carbocycles. The topological polar surface area (TPSA) is 29.0 Å². The average molecular weight is 361 g/mol. The van der Waals surface area contributed by atoms with Crippen LogP contribution in [0.25, 0.3) is 22.3 Å². The molecule has 0 aliphatic carbocycles. The van der Waals surface area contributed by atoms with E-state index in [1.807, 2.05) is 54.4 Å². The van der Waals surface area contributed by atoms with Crippen molar-refractivity contribution in [3.63, 3.8) is 0 Å². The molecule has 1 aromatic heterocycles. The smallest absolute Gasteiger partial charge is 0.162 e. The summed E-state index contributed by atoms with van der Waals surface area (Å²) in [5.41, 5.74) is 2.34. The Hall–Kier alpha value is -3.34. The Labute approximate surface area is 155 Å². The standard InChI is InChI=1S/C22H17F2N3/c1-27(14-15-7-3-2-4-8-15)22-17-9-5-6-10-20(17)25-21(26-22)16-11-12-18(23)19(24)13-16/h2-13H,14H2,1H3. The van der Waals surface area contributed by atoms with Crippen molar-refractivity contribution >= 4 is 16.7 Å². The number of para-hydroxylation sites is 1. The Morgan fingerprint density at radius 3 is 2.33 bits per heavy atom. The van der Waals surface area contributed by atoms with Gasteiger partial charge in [-0.15, -0.1) is 0 Å². The molecule has 0 unspecified atom stereocenters. The van der Waals surface area contributed by atoms with Crippen LogP contribution in [0, 0.1) is 11.6 Å². The van der Waals surface area contributed by atoms with E-state index < -0.39 is 11.6 Å². The van der Waals surface area contributed by atoms with E-state index in [2.05, 4.69) is 22.1 Å². The first-order chi connectivity index (χ1) is 13.1. The van der Waals surface area contributed by atoms with Crippen molar-refractivity contribution in [2.24, 2.45) is 0 Å². The monoisotopic (exact) mass is 361 g/mol.